The number of aromatic nitrogens is 2. The second-order valence-corrected chi connectivity index (χ2v) is 6.00. The Morgan fingerprint density at radius 3 is 2.54 bits per heavy atom. The van der Waals surface area contributed by atoms with Gasteiger partial charge in [-0.05, 0) is 36.4 Å². The van der Waals surface area contributed by atoms with Crippen LogP contribution in [0.1, 0.15) is 5.56 Å². The van der Waals surface area contributed by atoms with Crippen LogP contribution in [0.2, 0.25) is 0 Å². The van der Waals surface area contributed by atoms with E-state index in [2.05, 4.69) is 15.3 Å². The average Bonchev–Trinajstić information content (AvgIpc) is 2.62. The zero-order valence-electron chi connectivity index (χ0n) is 13.9. The average molecular weight is 391 g/mol. The van der Waals surface area contributed by atoms with Crippen molar-refractivity contribution in [1.29, 1.82) is 0 Å². The van der Waals surface area contributed by atoms with Crippen LogP contribution in [-0.2, 0) is 6.18 Å². The van der Waals surface area contributed by atoms with Crippen molar-refractivity contribution in [2.75, 3.05) is 5.32 Å². The molecule has 4 nitrogen and oxygen atoms in total. The number of halogens is 5. The quantitative estimate of drug-likeness (QED) is 0.369. The molecule has 0 amide bonds. The van der Waals surface area contributed by atoms with E-state index in [1.54, 1.807) is 0 Å². The van der Waals surface area contributed by atoms with Gasteiger partial charge in [-0.3, -0.25) is 4.79 Å². The number of fused-ring (bicyclic) bond motifs is 3. The number of aromatic amines is 1. The minimum Gasteiger partial charge on any atom is -0.337 e. The molecule has 2 heterocycles. The maximum absolute atomic E-state index is 14.2. The van der Waals surface area contributed by atoms with Crippen LogP contribution in [0.4, 0.5) is 33.5 Å². The maximum Gasteiger partial charge on any atom is 0.418 e. The number of hydrogen-bond acceptors (Lipinski definition) is 3. The third-order valence-electron chi connectivity index (χ3n) is 4.24. The number of benzene rings is 2. The highest BCUT2D eigenvalue weighted by Gasteiger charge is 2.35. The standard InChI is InChI=1S/C19H10F5N3O/c20-9-4-5-10-11(8-9)15-14(6-7-25-18(15)28)26-17(10)27-16-12(19(22,23)24)2-1-3-13(16)21/h1-8H,(H,25,28)(H,26,27). The Hall–Kier alpha value is -3.49. The summed E-state index contributed by atoms with van der Waals surface area (Å²) in [6.45, 7) is 0. The van der Waals surface area contributed by atoms with E-state index >= 15 is 0 Å². The molecule has 0 aliphatic carbocycles. The van der Waals surface area contributed by atoms with Crippen LogP contribution >= 0.6 is 0 Å². The number of para-hydroxylation sites is 1. The molecule has 0 spiro atoms. The highest BCUT2D eigenvalue weighted by Crippen LogP contribution is 2.38. The molecule has 4 aromatic rings. The molecule has 28 heavy (non-hydrogen) atoms. The van der Waals surface area contributed by atoms with Gasteiger partial charge < -0.3 is 10.3 Å². The lowest BCUT2D eigenvalue weighted by atomic mass is 10.1. The molecule has 0 atom stereocenters. The summed E-state index contributed by atoms with van der Waals surface area (Å²) < 4.78 is 67.8. The van der Waals surface area contributed by atoms with Crippen molar-refractivity contribution in [2.24, 2.45) is 0 Å². The highest BCUT2D eigenvalue weighted by atomic mass is 19.4. The van der Waals surface area contributed by atoms with Gasteiger partial charge in [0.2, 0.25) is 0 Å². The molecule has 0 saturated heterocycles. The van der Waals surface area contributed by atoms with Crippen LogP contribution in [0.3, 0.4) is 0 Å². The van der Waals surface area contributed by atoms with Crippen LogP contribution in [0.15, 0.2) is 53.5 Å². The predicted octanol–water partition coefficient (Wildman–Crippen LogP) is 5.12. The highest BCUT2D eigenvalue weighted by molar-refractivity contribution is 6.10. The molecule has 2 aromatic heterocycles. The Morgan fingerprint density at radius 2 is 1.79 bits per heavy atom. The SMILES string of the molecule is O=c1[nH]ccc2nc(Nc3c(F)cccc3C(F)(F)F)c3ccc(F)cc3c12. The Balaban J connectivity index is 2.02. The zero-order valence-corrected chi connectivity index (χ0v) is 13.9. The number of nitrogens with one attached hydrogen (secondary N) is 2. The van der Waals surface area contributed by atoms with E-state index < -0.39 is 34.6 Å². The molecular weight excluding hydrogens is 381 g/mol. The minimum atomic E-state index is -4.81. The van der Waals surface area contributed by atoms with E-state index in [1.165, 1.54) is 18.3 Å². The van der Waals surface area contributed by atoms with Crippen molar-refractivity contribution in [3.05, 3.63) is 76.2 Å². The normalized spacial score (nSPS) is 11.9. The van der Waals surface area contributed by atoms with Crippen LogP contribution < -0.4 is 10.9 Å². The first-order chi connectivity index (χ1) is 13.3. The lowest BCUT2D eigenvalue weighted by Gasteiger charge is -2.16. The summed E-state index contributed by atoms with van der Waals surface area (Å²) in [5.41, 5.74) is -2.43. The molecule has 0 radical (unpaired) electrons. The van der Waals surface area contributed by atoms with Gasteiger partial charge in [0.1, 0.15) is 17.5 Å². The van der Waals surface area contributed by atoms with Crippen molar-refractivity contribution in [3.63, 3.8) is 0 Å². The van der Waals surface area contributed by atoms with Crippen LogP contribution in [0.25, 0.3) is 21.7 Å². The molecule has 0 saturated carbocycles. The van der Waals surface area contributed by atoms with Crippen LogP contribution in [0.5, 0.6) is 0 Å². The summed E-state index contributed by atoms with van der Waals surface area (Å²) in [5, 5.41) is 2.76. The van der Waals surface area contributed by atoms with E-state index in [9.17, 15) is 26.7 Å². The van der Waals surface area contributed by atoms with Gasteiger partial charge in [0.25, 0.3) is 5.56 Å². The van der Waals surface area contributed by atoms with Crippen molar-refractivity contribution >= 4 is 33.2 Å². The number of hydrogen-bond donors (Lipinski definition) is 2. The van der Waals surface area contributed by atoms with E-state index in [0.717, 1.165) is 30.3 Å². The first-order valence-electron chi connectivity index (χ1n) is 7.99. The van der Waals surface area contributed by atoms with E-state index in [1.807, 2.05) is 0 Å². The molecule has 142 valence electrons. The second-order valence-electron chi connectivity index (χ2n) is 6.00. The van der Waals surface area contributed by atoms with Crippen LogP contribution in [0, 0.1) is 11.6 Å². The third kappa shape index (κ3) is 2.94. The molecule has 4 rings (SSSR count). The molecular formula is C19H10F5N3O. The Morgan fingerprint density at radius 1 is 1.00 bits per heavy atom. The van der Waals surface area contributed by atoms with Gasteiger partial charge >= 0.3 is 6.18 Å². The van der Waals surface area contributed by atoms with Gasteiger partial charge in [-0.25, -0.2) is 13.8 Å². The van der Waals surface area contributed by atoms with Crippen molar-refractivity contribution in [2.45, 2.75) is 6.18 Å². The van der Waals surface area contributed by atoms with E-state index in [4.69, 9.17) is 0 Å². The number of H-pyrrole nitrogens is 1. The Kier molecular flexibility index (Phi) is 4.02. The molecule has 0 aliphatic heterocycles. The van der Waals surface area contributed by atoms with E-state index in [-0.39, 0.29) is 27.5 Å². The van der Waals surface area contributed by atoms with Gasteiger partial charge in [0.05, 0.1) is 22.2 Å². The van der Waals surface area contributed by atoms with Gasteiger partial charge in [0, 0.05) is 17.0 Å². The smallest absolute Gasteiger partial charge is 0.337 e. The maximum atomic E-state index is 14.2. The monoisotopic (exact) mass is 391 g/mol. The molecule has 0 unspecified atom stereocenters. The molecule has 9 heteroatoms. The number of alkyl halides is 3. The lowest BCUT2D eigenvalue weighted by molar-refractivity contribution is -0.137. The van der Waals surface area contributed by atoms with Crippen molar-refractivity contribution in [1.82, 2.24) is 9.97 Å². The fourth-order valence-corrected chi connectivity index (χ4v) is 3.03. The summed E-state index contributed by atoms with van der Waals surface area (Å²) in [7, 11) is 0. The minimum absolute atomic E-state index is 0.0760. The second kappa shape index (κ2) is 6.29. The summed E-state index contributed by atoms with van der Waals surface area (Å²) in [4.78, 5) is 18.8. The van der Waals surface area contributed by atoms with Gasteiger partial charge in [0.15, 0.2) is 0 Å². The van der Waals surface area contributed by atoms with Crippen molar-refractivity contribution < 1.29 is 22.0 Å². The number of pyridine rings is 2. The lowest BCUT2D eigenvalue weighted by Crippen LogP contribution is -2.12. The Bertz CT molecular complexity index is 1280. The predicted molar refractivity (Wildman–Crippen MR) is 94.5 cm³/mol. The van der Waals surface area contributed by atoms with Gasteiger partial charge in [-0.1, -0.05) is 6.07 Å². The number of anilines is 2. The first-order valence-corrected chi connectivity index (χ1v) is 7.99. The fourth-order valence-electron chi connectivity index (χ4n) is 3.03. The third-order valence-corrected chi connectivity index (χ3v) is 4.24. The summed E-state index contributed by atoms with van der Waals surface area (Å²) in [5.74, 6) is -1.90. The number of rotatable bonds is 2. The number of nitrogens with zero attached hydrogens (tertiary/aromatic N) is 1. The summed E-state index contributed by atoms with van der Waals surface area (Å²) in [6.07, 6.45) is -3.50. The summed E-state index contributed by atoms with van der Waals surface area (Å²) >= 11 is 0. The van der Waals surface area contributed by atoms with Gasteiger partial charge in [-0.15, -0.1) is 0 Å². The molecule has 0 aliphatic rings. The summed E-state index contributed by atoms with van der Waals surface area (Å²) in [6, 6.07) is 7.39. The Labute approximate surface area is 153 Å². The molecule has 0 fully saturated rings. The molecule has 2 aromatic carbocycles. The van der Waals surface area contributed by atoms with Gasteiger partial charge in [-0.2, -0.15) is 13.2 Å². The first kappa shape index (κ1) is 17.9. The molecule has 0 bridgehead atoms. The zero-order chi connectivity index (χ0) is 20.1. The van der Waals surface area contributed by atoms with Crippen LogP contribution in [-0.4, -0.2) is 9.97 Å². The molecule has 2 N–H and O–H groups in total. The van der Waals surface area contributed by atoms with Crippen molar-refractivity contribution in [3.8, 4) is 0 Å². The largest absolute Gasteiger partial charge is 0.418 e. The topological polar surface area (TPSA) is 57.8 Å². The van der Waals surface area contributed by atoms with E-state index in [0.29, 0.717) is 0 Å². The fraction of sp³-hybridized carbons (Fsp3) is 0.0526.